The van der Waals surface area contributed by atoms with Crippen LogP contribution in [0.25, 0.3) is 10.2 Å². The molecule has 0 saturated carbocycles. The minimum absolute atomic E-state index is 0.0797. The molecule has 1 heterocycles. The molecule has 0 atom stereocenters. The first-order chi connectivity index (χ1) is 9.17. The van der Waals surface area contributed by atoms with E-state index in [0.29, 0.717) is 5.88 Å². The topological polar surface area (TPSA) is 25.2 Å². The Morgan fingerprint density at radius 2 is 2.05 bits per heavy atom. The first-order valence-electron chi connectivity index (χ1n) is 6.17. The molecule has 19 heavy (non-hydrogen) atoms. The molecular formula is C13H16N2OS3. The Bertz CT molecular complexity index is 628. The summed E-state index contributed by atoms with van der Waals surface area (Å²) in [6.07, 6.45) is 0. The summed E-state index contributed by atoms with van der Waals surface area (Å²) < 4.78 is 3.68. The molecule has 3 nitrogen and oxygen atoms in total. The van der Waals surface area contributed by atoms with E-state index in [2.05, 4.69) is 18.7 Å². The fourth-order valence-corrected chi connectivity index (χ4v) is 4.15. The standard InChI is InChI=1S/C13H16N2OS3/c1-3-14(4-2)13(17)18-9-15-10-7-5-6-8-11(10)19-12(15)16/h5-8H,3-4,9H2,1-2H3. The number of thiocarbonyl (C=S) groups is 1. The second kappa shape index (κ2) is 6.54. The molecule has 0 fully saturated rings. The number of thiazole rings is 1. The van der Waals surface area contributed by atoms with Crippen molar-refractivity contribution >= 4 is 49.9 Å². The predicted octanol–water partition coefficient (Wildman–Crippen LogP) is 3.38. The fourth-order valence-electron chi connectivity index (χ4n) is 1.83. The lowest BCUT2D eigenvalue weighted by Crippen LogP contribution is -2.27. The molecule has 0 amide bonds. The molecule has 1 aromatic heterocycles. The van der Waals surface area contributed by atoms with Crippen molar-refractivity contribution in [3.8, 4) is 0 Å². The van der Waals surface area contributed by atoms with Gasteiger partial charge in [-0.25, -0.2) is 0 Å². The van der Waals surface area contributed by atoms with Gasteiger partial charge < -0.3 is 4.90 Å². The fraction of sp³-hybridized carbons (Fsp3) is 0.385. The van der Waals surface area contributed by atoms with Crippen molar-refractivity contribution in [2.75, 3.05) is 13.1 Å². The van der Waals surface area contributed by atoms with E-state index in [9.17, 15) is 4.79 Å². The third kappa shape index (κ3) is 3.19. The summed E-state index contributed by atoms with van der Waals surface area (Å²) in [5.41, 5.74) is 0.993. The van der Waals surface area contributed by atoms with Gasteiger partial charge in [-0.3, -0.25) is 9.36 Å². The molecule has 0 aliphatic rings. The van der Waals surface area contributed by atoms with Gasteiger partial charge in [0.15, 0.2) is 0 Å². The maximum absolute atomic E-state index is 12.0. The van der Waals surface area contributed by atoms with Crippen molar-refractivity contribution in [2.24, 2.45) is 0 Å². The van der Waals surface area contributed by atoms with Crippen LogP contribution in [0.1, 0.15) is 13.8 Å². The van der Waals surface area contributed by atoms with Crippen LogP contribution in [0, 0.1) is 0 Å². The Kier molecular flexibility index (Phi) is 5.01. The lowest BCUT2D eigenvalue weighted by Gasteiger charge is -2.20. The third-order valence-electron chi connectivity index (χ3n) is 2.91. The summed E-state index contributed by atoms with van der Waals surface area (Å²) in [4.78, 5) is 14.2. The summed E-state index contributed by atoms with van der Waals surface area (Å²) in [5.74, 6) is 0.582. The second-order valence-corrected chi connectivity index (χ2v) is 6.55. The molecule has 1 aromatic carbocycles. The van der Waals surface area contributed by atoms with Crippen LogP contribution >= 0.6 is 35.3 Å². The lowest BCUT2D eigenvalue weighted by atomic mass is 10.3. The van der Waals surface area contributed by atoms with E-state index in [1.165, 1.54) is 11.3 Å². The van der Waals surface area contributed by atoms with E-state index in [-0.39, 0.29) is 4.87 Å². The Morgan fingerprint density at radius 1 is 1.37 bits per heavy atom. The summed E-state index contributed by atoms with van der Waals surface area (Å²) in [6.45, 7) is 5.98. The molecule has 2 aromatic rings. The van der Waals surface area contributed by atoms with Crippen LogP contribution in [0.3, 0.4) is 0 Å². The van der Waals surface area contributed by atoms with E-state index < -0.39 is 0 Å². The highest BCUT2D eigenvalue weighted by Crippen LogP contribution is 2.20. The maximum atomic E-state index is 12.0. The van der Waals surface area contributed by atoms with Gasteiger partial charge in [0.25, 0.3) is 0 Å². The van der Waals surface area contributed by atoms with Crippen LogP contribution in [0.2, 0.25) is 0 Å². The molecular weight excluding hydrogens is 296 g/mol. The molecule has 0 N–H and O–H groups in total. The number of rotatable bonds is 4. The van der Waals surface area contributed by atoms with E-state index in [1.807, 2.05) is 24.3 Å². The van der Waals surface area contributed by atoms with Crippen molar-refractivity contribution in [3.63, 3.8) is 0 Å². The van der Waals surface area contributed by atoms with Gasteiger partial charge in [0, 0.05) is 13.1 Å². The quantitative estimate of drug-likeness (QED) is 0.808. The zero-order valence-electron chi connectivity index (χ0n) is 11.0. The molecule has 0 unspecified atom stereocenters. The highest BCUT2D eigenvalue weighted by molar-refractivity contribution is 8.22. The lowest BCUT2D eigenvalue weighted by molar-refractivity contribution is 0.482. The first kappa shape index (κ1) is 14.6. The molecule has 102 valence electrons. The Hall–Kier alpha value is -0.850. The van der Waals surface area contributed by atoms with Gasteiger partial charge in [-0.05, 0) is 26.0 Å². The molecule has 0 aliphatic carbocycles. The molecule has 0 bridgehead atoms. The average molecular weight is 312 g/mol. The largest absolute Gasteiger partial charge is 0.358 e. The highest BCUT2D eigenvalue weighted by atomic mass is 32.2. The molecule has 0 radical (unpaired) electrons. The maximum Gasteiger partial charge on any atom is 0.308 e. The Balaban J connectivity index is 2.16. The van der Waals surface area contributed by atoms with Crippen LogP contribution < -0.4 is 4.87 Å². The summed E-state index contributed by atoms with van der Waals surface area (Å²) in [6, 6.07) is 7.87. The highest BCUT2D eigenvalue weighted by Gasteiger charge is 2.10. The minimum Gasteiger partial charge on any atom is -0.358 e. The number of nitrogens with zero attached hydrogens (tertiary/aromatic N) is 2. The number of hydrogen-bond acceptors (Lipinski definition) is 4. The number of hydrogen-bond donors (Lipinski definition) is 0. The predicted molar refractivity (Wildman–Crippen MR) is 89.2 cm³/mol. The smallest absolute Gasteiger partial charge is 0.308 e. The monoisotopic (exact) mass is 312 g/mol. The van der Waals surface area contributed by atoms with E-state index in [4.69, 9.17) is 12.2 Å². The summed E-state index contributed by atoms with van der Waals surface area (Å²) >= 11 is 8.22. The van der Waals surface area contributed by atoms with Crippen molar-refractivity contribution in [3.05, 3.63) is 33.9 Å². The normalized spacial score (nSPS) is 10.8. The zero-order valence-corrected chi connectivity index (χ0v) is 13.4. The molecule has 0 spiro atoms. The number of para-hydroxylation sites is 1. The third-order valence-corrected chi connectivity index (χ3v) is 5.38. The SMILES string of the molecule is CCN(CC)C(=S)SCn1c(=O)sc2ccccc21. The minimum atomic E-state index is 0.0797. The van der Waals surface area contributed by atoms with Crippen LogP contribution in [-0.2, 0) is 5.88 Å². The van der Waals surface area contributed by atoms with E-state index >= 15 is 0 Å². The summed E-state index contributed by atoms with van der Waals surface area (Å²) in [5, 5.41) is 0. The van der Waals surface area contributed by atoms with Crippen LogP contribution in [-0.4, -0.2) is 26.9 Å². The van der Waals surface area contributed by atoms with Crippen molar-refractivity contribution in [1.82, 2.24) is 9.47 Å². The van der Waals surface area contributed by atoms with Crippen molar-refractivity contribution in [1.29, 1.82) is 0 Å². The number of fused-ring (bicyclic) bond motifs is 1. The molecule has 2 rings (SSSR count). The van der Waals surface area contributed by atoms with Gasteiger partial charge in [-0.15, -0.1) is 0 Å². The van der Waals surface area contributed by atoms with Crippen molar-refractivity contribution in [2.45, 2.75) is 19.7 Å². The molecule has 0 aliphatic heterocycles. The van der Waals surface area contributed by atoms with Crippen LogP contribution in [0.15, 0.2) is 29.1 Å². The summed E-state index contributed by atoms with van der Waals surface area (Å²) in [7, 11) is 0. The van der Waals surface area contributed by atoms with Gasteiger partial charge in [0.2, 0.25) is 0 Å². The number of aromatic nitrogens is 1. The van der Waals surface area contributed by atoms with Crippen LogP contribution in [0.5, 0.6) is 0 Å². The van der Waals surface area contributed by atoms with E-state index in [0.717, 1.165) is 27.6 Å². The number of benzene rings is 1. The molecule has 0 saturated heterocycles. The second-order valence-electron chi connectivity index (χ2n) is 3.98. The Labute approximate surface area is 126 Å². The van der Waals surface area contributed by atoms with Crippen LogP contribution in [0.4, 0.5) is 0 Å². The van der Waals surface area contributed by atoms with Gasteiger partial charge in [-0.1, -0.05) is 47.4 Å². The Morgan fingerprint density at radius 3 is 2.74 bits per heavy atom. The first-order valence-corrected chi connectivity index (χ1v) is 8.38. The van der Waals surface area contributed by atoms with Gasteiger partial charge >= 0.3 is 4.87 Å². The van der Waals surface area contributed by atoms with Gasteiger partial charge in [0.1, 0.15) is 4.32 Å². The zero-order chi connectivity index (χ0) is 13.8. The number of thioether (sulfide) groups is 1. The van der Waals surface area contributed by atoms with Crippen molar-refractivity contribution < 1.29 is 0 Å². The van der Waals surface area contributed by atoms with Gasteiger partial charge in [0.05, 0.1) is 16.1 Å². The molecule has 6 heteroatoms. The van der Waals surface area contributed by atoms with E-state index in [1.54, 1.807) is 16.3 Å². The average Bonchev–Trinajstić information content (AvgIpc) is 2.73. The van der Waals surface area contributed by atoms with Gasteiger partial charge in [-0.2, -0.15) is 0 Å².